The van der Waals surface area contributed by atoms with Gasteiger partial charge in [-0.05, 0) is 37.3 Å². The summed E-state index contributed by atoms with van der Waals surface area (Å²) >= 11 is 0. The summed E-state index contributed by atoms with van der Waals surface area (Å²) in [5, 5.41) is 11.8. The van der Waals surface area contributed by atoms with Gasteiger partial charge in [0.15, 0.2) is 0 Å². The van der Waals surface area contributed by atoms with Gasteiger partial charge in [0.2, 0.25) is 10.7 Å². The second-order valence-electron chi connectivity index (χ2n) is 8.41. The average Bonchev–Trinajstić information content (AvgIpc) is 3.35. The van der Waals surface area contributed by atoms with Crippen LogP contribution in [0.15, 0.2) is 24.5 Å². The molecule has 0 bridgehead atoms. The predicted octanol–water partition coefficient (Wildman–Crippen LogP) is 3.35. The highest BCUT2D eigenvalue weighted by Gasteiger charge is 2.30. The maximum Gasteiger partial charge on any atom is 0.337 e. The van der Waals surface area contributed by atoms with Crippen LogP contribution in [0.5, 0.6) is 0 Å². The van der Waals surface area contributed by atoms with Crippen molar-refractivity contribution < 1.29 is 23.1 Å². The minimum Gasteiger partial charge on any atom is -0.478 e. The first-order chi connectivity index (χ1) is 14.9. The Bertz CT molecular complexity index is 1130. The van der Waals surface area contributed by atoms with Crippen molar-refractivity contribution in [3.63, 3.8) is 0 Å². The molecule has 3 N–H and O–H groups in total. The lowest BCUT2D eigenvalue weighted by atomic mass is 9.83. The molecule has 4 rings (SSSR count). The molecule has 2 heterocycles. The third-order valence-electron chi connectivity index (χ3n) is 6.40. The van der Waals surface area contributed by atoms with E-state index in [0.29, 0.717) is 18.3 Å². The molecular formula is C21H26N4O5S. The Morgan fingerprint density at radius 1 is 1.19 bits per heavy atom. The van der Waals surface area contributed by atoms with Crippen molar-refractivity contribution in [1.82, 2.24) is 14.5 Å². The summed E-state index contributed by atoms with van der Waals surface area (Å²) in [6.45, 7) is 0. The smallest absolute Gasteiger partial charge is 0.337 e. The van der Waals surface area contributed by atoms with Crippen LogP contribution in [0, 0.1) is 10.7 Å². The fraction of sp³-hybridized carbons (Fsp3) is 0.524. The summed E-state index contributed by atoms with van der Waals surface area (Å²) < 4.78 is 25.4. The van der Waals surface area contributed by atoms with Gasteiger partial charge in [-0.3, -0.25) is 4.79 Å². The van der Waals surface area contributed by atoms with Gasteiger partial charge in [-0.1, -0.05) is 32.1 Å². The number of carbonyl (C=O) groups excluding carboxylic acids is 1. The lowest BCUT2D eigenvalue weighted by Crippen LogP contribution is -2.28. The molecule has 2 aliphatic rings. The number of rotatable bonds is 7. The van der Waals surface area contributed by atoms with Crippen LogP contribution in [0.1, 0.15) is 79.4 Å². The Morgan fingerprint density at radius 2 is 1.94 bits per heavy atom. The topological polar surface area (TPSA) is 134 Å². The van der Waals surface area contributed by atoms with Crippen molar-refractivity contribution >= 4 is 28.0 Å². The van der Waals surface area contributed by atoms with E-state index in [4.69, 9.17) is 5.11 Å². The van der Waals surface area contributed by atoms with Gasteiger partial charge in [-0.25, -0.2) is 9.78 Å². The van der Waals surface area contributed by atoms with Gasteiger partial charge in [-0.2, -0.15) is 8.42 Å². The lowest BCUT2D eigenvalue weighted by Gasteiger charge is -2.24. The molecule has 1 atom stereocenters. The van der Waals surface area contributed by atoms with Crippen LogP contribution in [-0.2, 0) is 15.1 Å². The Labute approximate surface area is 181 Å². The molecule has 10 heteroatoms. The molecule has 2 aliphatic carbocycles. The highest BCUT2D eigenvalue weighted by molar-refractivity contribution is 7.63. The van der Waals surface area contributed by atoms with Gasteiger partial charge in [0.05, 0.1) is 5.56 Å². The summed E-state index contributed by atoms with van der Waals surface area (Å²) in [5.74, 6) is -0.590. The van der Waals surface area contributed by atoms with Gasteiger partial charge in [0.1, 0.15) is 11.9 Å². The van der Waals surface area contributed by atoms with Gasteiger partial charge >= 0.3 is 5.97 Å². The molecule has 0 radical (unpaired) electrons. The van der Waals surface area contributed by atoms with Gasteiger partial charge in [0, 0.05) is 24.0 Å². The second kappa shape index (κ2) is 9.09. The van der Waals surface area contributed by atoms with Crippen LogP contribution in [0.2, 0.25) is 0 Å². The Morgan fingerprint density at radius 3 is 2.48 bits per heavy atom. The van der Waals surface area contributed by atoms with Gasteiger partial charge in [0.25, 0.3) is 10.3 Å². The third kappa shape index (κ3) is 4.73. The van der Waals surface area contributed by atoms with Crippen molar-refractivity contribution in [3.05, 3.63) is 40.6 Å². The zero-order valence-electron chi connectivity index (χ0n) is 17.1. The average molecular weight is 447 g/mol. The molecule has 0 spiro atoms. The summed E-state index contributed by atoms with van der Waals surface area (Å²) in [6, 6.07) is 2.09. The standard InChI is InChI=1S/C21H26N4O5S/c26-19(24-18-9-8-15(11-22-18)20(27)28)17(10-13-4-1-2-5-13)25-12-16(14-6-3-7-14)23-21(25)31(29)30/h8-9,11-14,17,23H,1-7,10H2,(H,27,28)(H,22,24,26)/t17-/m0/s1. The summed E-state index contributed by atoms with van der Waals surface area (Å²) in [5.41, 5.74) is 0.869. The van der Waals surface area contributed by atoms with E-state index < -0.39 is 22.3 Å². The summed E-state index contributed by atoms with van der Waals surface area (Å²) in [7, 11) is -2.51. The van der Waals surface area contributed by atoms with E-state index in [1.54, 1.807) is 10.8 Å². The highest BCUT2D eigenvalue weighted by atomic mass is 32.2. The molecular weight excluding hydrogens is 420 g/mol. The zero-order valence-corrected chi connectivity index (χ0v) is 17.9. The third-order valence-corrected chi connectivity index (χ3v) is 7.03. The van der Waals surface area contributed by atoms with Crippen LogP contribution in [0.4, 0.5) is 5.82 Å². The van der Waals surface area contributed by atoms with Crippen LogP contribution in [0.3, 0.4) is 0 Å². The normalized spacial score (nSPS) is 17.8. The summed E-state index contributed by atoms with van der Waals surface area (Å²) in [4.78, 5) is 31.3. The molecule has 0 aromatic carbocycles. The Hall–Kier alpha value is -2.88. The Kier molecular flexibility index (Phi) is 6.26. The minimum atomic E-state index is -2.51. The lowest BCUT2D eigenvalue weighted by molar-refractivity contribution is -0.119. The largest absolute Gasteiger partial charge is 0.478 e. The number of H-pyrrole nitrogens is 1. The number of pyridine rings is 1. The highest BCUT2D eigenvalue weighted by Crippen LogP contribution is 2.37. The molecule has 31 heavy (non-hydrogen) atoms. The number of carboxylic acid groups (broad SMARTS) is 1. The maximum atomic E-state index is 13.3. The molecule has 0 aliphatic heterocycles. The molecule has 166 valence electrons. The van der Waals surface area contributed by atoms with Crippen molar-refractivity contribution in [1.29, 1.82) is 0 Å². The molecule has 0 unspecified atom stereocenters. The number of nitrogens with one attached hydrogen (secondary N) is 2. The van der Waals surface area contributed by atoms with E-state index in [2.05, 4.69) is 15.3 Å². The van der Waals surface area contributed by atoms with Crippen LogP contribution in [0.25, 0.3) is 0 Å². The first-order valence-electron chi connectivity index (χ1n) is 10.7. The van der Waals surface area contributed by atoms with E-state index in [0.717, 1.165) is 50.6 Å². The first-order valence-corrected chi connectivity index (χ1v) is 11.7. The number of imidazole rings is 1. The van der Waals surface area contributed by atoms with Gasteiger partial charge < -0.3 is 20.0 Å². The molecule has 2 fully saturated rings. The number of aromatic nitrogens is 3. The van der Waals surface area contributed by atoms with Crippen LogP contribution >= 0.6 is 0 Å². The van der Waals surface area contributed by atoms with Crippen molar-refractivity contribution in [3.8, 4) is 0 Å². The van der Waals surface area contributed by atoms with Crippen molar-refractivity contribution in [2.75, 3.05) is 5.32 Å². The second-order valence-corrected chi connectivity index (χ2v) is 9.27. The molecule has 1 amide bonds. The monoisotopic (exact) mass is 446 g/mol. The number of nitrogens with zero attached hydrogens (tertiary/aromatic N) is 2. The SMILES string of the molecule is O=C(O)c1ccc(NC(=O)[C@H](CC2CCCC2)n2cc(C3CCC3)[nH]c2=S(=O)=O)nc1. The first kappa shape index (κ1) is 21.4. The maximum absolute atomic E-state index is 13.3. The van der Waals surface area contributed by atoms with Crippen LogP contribution < -0.4 is 5.32 Å². The summed E-state index contributed by atoms with van der Waals surface area (Å²) in [6.07, 6.45) is 10.9. The van der Waals surface area contributed by atoms with E-state index in [1.807, 2.05) is 0 Å². The van der Waals surface area contributed by atoms with Crippen molar-refractivity contribution in [2.24, 2.45) is 5.92 Å². The number of aromatic amines is 1. The van der Waals surface area contributed by atoms with E-state index in [1.165, 1.54) is 18.3 Å². The number of carboxylic acids is 1. The number of hydrogen-bond acceptors (Lipinski definition) is 5. The molecule has 9 nitrogen and oxygen atoms in total. The number of carbonyl (C=O) groups is 2. The molecule has 2 aromatic heterocycles. The number of hydrogen-bond donors (Lipinski definition) is 3. The van der Waals surface area contributed by atoms with E-state index in [-0.39, 0.29) is 22.1 Å². The fourth-order valence-corrected chi connectivity index (χ4v) is 4.98. The minimum absolute atomic E-state index is 0.00855. The number of aromatic carboxylic acids is 1. The molecule has 2 saturated carbocycles. The van der Waals surface area contributed by atoms with Crippen LogP contribution in [-0.4, -0.2) is 39.9 Å². The van der Waals surface area contributed by atoms with Gasteiger partial charge in [-0.15, -0.1) is 0 Å². The quantitative estimate of drug-likeness (QED) is 0.559. The van der Waals surface area contributed by atoms with E-state index >= 15 is 0 Å². The van der Waals surface area contributed by atoms with Crippen molar-refractivity contribution in [2.45, 2.75) is 63.3 Å². The number of anilines is 1. The molecule has 2 aromatic rings. The Balaban J connectivity index is 1.65. The fourth-order valence-electron chi connectivity index (χ4n) is 4.43. The molecule has 0 saturated heterocycles. The zero-order chi connectivity index (χ0) is 22.0. The number of amides is 1. The predicted molar refractivity (Wildman–Crippen MR) is 113 cm³/mol. The van der Waals surface area contributed by atoms with E-state index in [9.17, 15) is 18.0 Å².